The zero-order valence-electron chi connectivity index (χ0n) is 11.7. The molecule has 2 rings (SSSR count). The Kier molecular flexibility index (Phi) is 5.64. The number of benzene rings is 1. The predicted molar refractivity (Wildman–Crippen MR) is 80.4 cm³/mol. The van der Waals surface area contributed by atoms with Gasteiger partial charge in [-0.15, -0.1) is 12.4 Å². The highest BCUT2D eigenvalue weighted by Crippen LogP contribution is 2.19. The molecule has 1 fully saturated rings. The summed E-state index contributed by atoms with van der Waals surface area (Å²) >= 11 is 0. The van der Waals surface area contributed by atoms with Crippen molar-refractivity contribution in [1.29, 1.82) is 0 Å². The number of aryl methyl sites for hydroxylation is 3. The molecule has 2 nitrogen and oxygen atoms in total. The van der Waals surface area contributed by atoms with Crippen LogP contribution in [-0.2, 0) is 6.54 Å². The number of piperidine rings is 1. The van der Waals surface area contributed by atoms with E-state index in [0.29, 0.717) is 6.04 Å². The van der Waals surface area contributed by atoms with E-state index in [4.69, 9.17) is 5.73 Å². The molecule has 1 heterocycles. The van der Waals surface area contributed by atoms with Gasteiger partial charge in [0.15, 0.2) is 0 Å². The lowest BCUT2D eigenvalue weighted by Gasteiger charge is -2.31. The van der Waals surface area contributed by atoms with Gasteiger partial charge in [-0.3, -0.25) is 4.90 Å². The van der Waals surface area contributed by atoms with Crippen LogP contribution in [0.2, 0.25) is 0 Å². The summed E-state index contributed by atoms with van der Waals surface area (Å²) in [6.07, 6.45) is 2.42. The van der Waals surface area contributed by atoms with Crippen molar-refractivity contribution in [2.45, 2.75) is 46.2 Å². The van der Waals surface area contributed by atoms with Gasteiger partial charge >= 0.3 is 0 Å². The topological polar surface area (TPSA) is 29.3 Å². The lowest BCUT2D eigenvalue weighted by atomic mass is 9.99. The molecule has 3 heteroatoms. The first-order valence-corrected chi connectivity index (χ1v) is 6.61. The normalized spacial score (nSPS) is 20.6. The van der Waals surface area contributed by atoms with Crippen LogP contribution in [0.15, 0.2) is 12.1 Å². The summed E-state index contributed by atoms with van der Waals surface area (Å²) in [5, 5.41) is 0. The first kappa shape index (κ1) is 15.5. The molecule has 1 aliphatic heterocycles. The molecule has 1 aliphatic rings. The fourth-order valence-corrected chi connectivity index (χ4v) is 2.67. The number of nitrogens with two attached hydrogens (primary N) is 1. The van der Waals surface area contributed by atoms with Crippen LogP contribution in [0.3, 0.4) is 0 Å². The molecule has 0 saturated carbocycles. The minimum absolute atomic E-state index is 0. The van der Waals surface area contributed by atoms with Crippen molar-refractivity contribution in [2.24, 2.45) is 5.73 Å². The number of hydrogen-bond donors (Lipinski definition) is 1. The van der Waals surface area contributed by atoms with Crippen molar-refractivity contribution >= 4 is 12.4 Å². The Balaban J connectivity index is 0.00000162. The highest BCUT2D eigenvalue weighted by Gasteiger charge is 2.17. The van der Waals surface area contributed by atoms with E-state index in [-0.39, 0.29) is 12.4 Å². The van der Waals surface area contributed by atoms with E-state index in [9.17, 15) is 0 Å². The van der Waals surface area contributed by atoms with Crippen molar-refractivity contribution in [2.75, 3.05) is 13.1 Å². The van der Waals surface area contributed by atoms with Crippen LogP contribution >= 0.6 is 12.4 Å². The van der Waals surface area contributed by atoms with Crippen LogP contribution in [0, 0.1) is 20.8 Å². The van der Waals surface area contributed by atoms with Gasteiger partial charge in [0.25, 0.3) is 0 Å². The lowest BCUT2D eigenvalue weighted by Crippen LogP contribution is -2.42. The molecule has 0 aliphatic carbocycles. The van der Waals surface area contributed by atoms with E-state index in [1.54, 1.807) is 0 Å². The third-order valence-corrected chi connectivity index (χ3v) is 3.89. The Morgan fingerprint density at radius 1 is 1.17 bits per heavy atom. The smallest absolute Gasteiger partial charge is 0.0237 e. The average Bonchev–Trinajstić information content (AvgIpc) is 2.26. The zero-order chi connectivity index (χ0) is 12.4. The van der Waals surface area contributed by atoms with Gasteiger partial charge in [0.2, 0.25) is 0 Å². The molecule has 0 bridgehead atoms. The summed E-state index contributed by atoms with van der Waals surface area (Å²) in [6, 6.07) is 5.01. The van der Waals surface area contributed by atoms with E-state index >= 15 is 0 Å². The summed E-state index contributed by atoms with van der Waals surface area (Å²) in [5.41, 5.74) is 11.7. The summed E-state index contributed by atoms with van der Waals surface area (Å²) in [5.74, 6) is 0. The molecule has 2 N–H and O–H groups in total. The van der Waals surface area contributed by atoms with Crippen LogP contribution in [0.4, 0.5) is 0 Å². The number of halogens is 1. The molecule has 0 aromatic heterocycles. The molecule has 0 spiro atoms. The third-order valence-electron chi connectivity index (χ3n) is 3.89. The summed E-state index contributed by atoms with van der Waals surface area (Å²) < 4.78 is 0. The first-order chi connectivity index (χ1) is 8.06. The van der Waals surface area contributed by atoms with Crippen LogP contribution in [-0.4, -0.2) is 24.0 Å². The highest BCUT2D eigenvalue weighted by atomic mass is 35.5. The zero-order valence-corrected chi connectivity index (χ0v) is 12.5. The Hall–Kier alpha value is -0.570. The maximum atomic E-state index is 6.03. The van der Waals surface area contributed by atoms with Gasteiger partial charge in [0.05, 0.1) is 0 Å². The van der Waals surface area contributed by atoms with E-state index in [2.05, 4.69) is 37.8 Å². The SMILES string of the molecule is Cc1cc(C)c(CN2CCCC(N)C2)cc1C.Cl. The van der Waals surface area contributed by atoms with Crippen LogP contribution in [0.25, 0.3) is 0 Å². The number of likely N-dealkylation sites (tertiary alicyclic amines) is 1. The van der Waals surface area contributed by atoms with Crippen LogP contribution in [0.1, 0.15) is 35.1 Å². The lowest BCUT2D eigenvalue weighted by molar-refractivity contribution is 0.201. The average molecular weight is 269 g/mol. The minimum atomic E-state index is 0. The molecule has 1 saturated heterocycles. The summed E-state index contributed by atoms with van der Waals surface area (Å²) in [4.78, 5) is 2.49. The Labute approximate surface area is 117 Å². The molecule has 0 amide bonds. The van der Waals surface area contributed by atoms with Crippen LogP contribution in [0.5, 0.6) is 0 Å². The van der Waals surface area contributed by atoms with Gasteiger partial charge in [0.1, 0.15) is 0 Å². The largest absolute Gasteiger partial charge is 0.327 e. The third kappa shape index (κ3) is 3.71. The van der Waals surface area contributed by atoms with Gasteiger partial charge in [0, 0.05) is 19.1 Å². The molecular weight excluding hydrogens is 244 g/mol. The molecular formula is C15H25ClN2. The summed E-state index contributed by atoms with van der Waals surface area (Å²) in [6.45, 7) is 9.89. The molecule has 1 unspecified atom stereocenters. The highest BCUT2D eigenvalue weighted by molar-refractivity contribution is 5.85. The van der Waals surface area contributed by atoms with E-state index in [1.165, 1.54) is 41.6 Å². The minimum Gasteiger partial charge on any atom is -0.327 e. The van der Waals surface area contributed by atoms with E-state index in [1.807, 2.05) is 0 Å². The van der Waals surface area contributed by atoms with Gasteiger partial charge < -0.3 is 5.73 Å². The quantitative estimate of drug-likeness (QED) is 0.894. The maximum Gasteiger partial charge on any atom is 0.0237 e. The number of rotatable bonds is 2. The second kappa shape index (κ2) is 6.55. The van der Waals surface area contributed by atoms with Gasteiger partial charge in [-0.05, 0) is 62.4 Å². The monoisotopic (exact) mass is 268 g/mol. The molecule has 18 heavy (non-hydrogen) atoms. The Morgan fingerprint density at radius 3 is 2.50 bits per heavy atom. The van der Waals surface area contributed by atoms with Gasteiger partial charge in [-0.2, -0.15) is 0 Å². The number of nitrogens with zero attached hydrogens (tertiary/aromatic N) is 1. The van der Waals surface area contributed by atoms with Crippen molar-refractivity contribution in [3.05, 3.63) is 34.4 Å². The first-order valence-electron chi connectivity index (χ1n) is 6.61. The second-order valence-corrected chi connectivity index (χ2v) is 5.50. The molecule has 0 radical (unpaired) electrons. The Bertz CT molecular complexity index is 404. The van der Waals surface area contributed by atoms with Crippen molar-refractivity contribution < 1.29 is 0 Å². The van der Waals surface area contributed by atoms with E-state index in [0.717, 1.165) is 13.1 Å². The van der Waals surface area contributed by atoms with Crippen LogP contribution < -0.4 is 5.73 Å². The van der Waals surface area contributed by atoms with Crippen molar-refractivity contribution in [1.82, 2.24) is 4.90 Å². The number of hydrogen-bond acceptors (Lipinski definition) is 2. The Morgan fingerprint density at radius 2 is 1.83 bits per heavy atom. The second-order valence-electron chi connectivity index (χ2n) is 5.50. The molecule has 1 atom stereocenters. The van der Waals surface area contributed by atoms with Crippen molar-refractivity contribution in [3.63, 3.8) is 0 Å². The summed E-state index contributed by atoms with van der Waals surface area (Å²) in [7, 11) is 0. The standard InChI is InChI=1S/C15H24N2.ClH/c1-11-7-13(3)14(8-12(11)2)9-17-6-4-5-15(16)10-17;/h7-8,15H,4-6,9-10,16H2,1-3H3;1H. The fraction of sp³-hybridized carbons (Fsp3) is 0.600. The van der Waals surface area contributed by atoms with E-state index < -0.39 is 0 Å². The van der Waals surface area contributed by atoms with Gasteiger partial charge in [-0.25, -0.2) is 0 Å². The van der Waals surface area contributed by atoms with Gasteiger partial charge in [-0.1, -0.05) is 12.1 Å². The van der Waals surface area contributed by atoms with Crippen molar-refractivity contribution in [3.8, 4) is 0 Å². The molecule has 1 aromatic carbocycles. The maximum absolute atomic E-state index is 6.03. The molecule has 1 aromatic rings. The molecule has 102 valence electrons. The fourth-order valence-electron chi connectivity index (χ4n) is 2.67. The predicted octanol–water partition coefficient (Wildman–Crippen LogP) is 2.96.